The van der Waals surface area contributed by atoms with Crippen molar-refractivity contribution in [1.82, 2.24) is 15.5 Å². The third-order valence-corrected chi connectivity index (χ3v) is 6.33. The summed E-state index contributed by atoms with van der Waals surface area (Å²) in [6.07, 6.45) is 1.75. The molecule has 0 bridgehead atoms. The van der Waals surface area contributed by atoms with Crippen molar-refractivity contribution in [2.75, 3.05) is 26.2 Å². The monoisotopic (exact) mass is 447 g/mol. The fourth-order valence-electron chi connectivity index (χ4n) is 4.08. The van der Waals surface area contributed by atoms with Gasteiger partial charge in [0.15, 0.2) is 0 Å². The fourth-order valence-corrected chi connectivity index (χ4v) is 4.17. The van der Waals surface area contributed by atoms with Gasteiger partial charge in [0.05, 0.1) is 16.3 Å². The van der Waals surface area contributed by atoms with E-state index in [1.54, 1.807) is 4.90 Å². The third-order valence-electron chi connectivity index (χ3n) is 5.77. The number of hydrogen-bond acceptors (Lipinski definition) is 6. The van der Waals surface area contributed by atoms with Crippen LogP contribution < -0.4 is 21.1 Å². The highest BCUT2D eigenvalue weighted by Gasteiger charge is 2.33. The van der Waals surface area contributed by atoms with Crippen molar-refractivity contribution < 1.29 is 13.9 Å². The summed E-state index contributed by atoms with van der Waals surface area (Å²) >= 11 is 6.21. The van der Waals surface area contributed by atoms with Gasteiger partial charge in [-0.3, -0.25) is 4.79 Å². The highest BCUT2D eigenvalue weighted by molar-refractivity contribution is 6.43. The van der Waals surface area contributed by atoms with Crippen LogP contribution in [0.4, 0.5) is 4.39 Å². The lowest BCUT2D eigenvalue weighted by Crippen LogP contribution is -2.38. The van der Waals surface area contributed by atoms with E-state index in [-0.39, 0.29) is 23.8 Å². The summed E-state index contributed by atoms with van der Waals surface area (Å²) in [6, 6.07) is 3.68. The van der Waals surface area contributed by atoms with Crippen LogP contribution in [0.5, 0.6) is 5.75 Å². The molecule has 1 aromatic rings. The Morgan fingerprint density at radius 1 is 1.39 bits per heavy atom. The average molecular weight is 448 g/mol. The molecule has 3 aliphatic rings. The molecule has 2 unspecified atom stereocenters. The number of piperidine rings is 1. The van der Waals surface area contributed by atoms with Crippen LogP contribution in [0.25, 0.3) is 0 Å². The maximum atomic E-state index is 13.9. The molecule has 2 atom stereocenters. The fraction of sp³-hybridized carbons (Fsp3) is 0.455. The topological polar surface area (TPSA) is 92.0 Å². The van der Waals surface area contributed by atoms with Crippen LogP contribution in [0, 0.1) is 5.82 Å². The summed E-state index contributed by atoms with van der Waals surface area (Å²) in [5.41, 5.74) is 9.01. The van der Waals surface area contributed by atoms with Crippen molar-refractivity contribution in [3.05, 3.63) is 51.7 Å². The van der Waals surface area contributed by atoms with Gasteiger partial charge in [0.2, 0.25) is 0 Å². The van der Waals surface area contributed by atoms with Crippen LogP contribution in [0.3, 0.4) is 0 Å². The molecule has 0 aromatic heterocycles. The van der Waals surface area contributed by atoms with Gasteiger partial charge in [-0.1, -0.05) is 11.6 Å². The van der Waals surface area contributed by atoms with Crippen LogP contribution in [0.1, 0.15) is 37.0 Å². The van der Waals surface area contributed by atoms with Gasteiger partial charge in [-0.25, -0.2) is 9.38 Å². The first kappa shape index (κ1) is 21.8. The van der Waals surface area contributed by atoms with Crippen molar-refractivity contribution in [2.24, 2.45) is 10.7 Å². The quantitative estimate of drug-likeness (QED) is 0.662. The highest BCUT2D eigenvalue weighted by Crippen LogP contribution is 2.28. The number of carbonyl (C=O) groups excluding carboxylic acids is 1. The summed E-state index contributed by atoms with van der Waals surface area (Å²) in [4.78, 5) is 19.5. The molecule has 31 heavy (non-hydrogen) atoms. The minimum atomic E-state index is -0.438. The maximum Gasteiger partial charge on any atom is 0.257 e. The van der Waals surface area contributed by atoms with Gasteiger partial charge in [-0.2, -0.15) is 0 Å². The number of carbonyl (C=O) groups is 1. The van der Waals surface area contributed by atoms with E-state index in [1.165, 1.54) is 18.2 Å². The number of aliphatic imine (C=N–C) groups is 1. The number of amides is 1. The van der Waals surface area contributed by atoms with Crippen LogP contribution in [-0.2, 0) is 0 Å². The van der Waals surface area contributed by atoms with E-state index in [0.717, 1.165) is 30.7 Å². The molecule has 0 radical (unpaired) electrons. The van der Waals surface area contributed by atoms with Crippen molar-refractivity contribution in [3.8, 4) is 5.75 Å². The minimum Gasteiger partial charge on any atom is -0.488 e. The molecular formula is C22H27ClFN5O2. The van der Waals surface area contributed by atoms with E-state index < -0.39 is 5.82 Å². The number of rotatable bonds is 3. The van der Waals surface area contributed by atoms with Crippen LogP contribution in [0.15, 0.2) is 45.3 Å². The zero-order valence-corrected chi connectivity index (χ0v) is 18.4. The van der Waals surface area contributed by atoms with E-state index in [2.05, 4.69) is 15.6 Å². The molecule has 4 N–H and O–H groups in total. The standard InChI is InChI=1S/C22H27ClFN5O2/c1-12-20(23)13(2)28-21(27-12)17-10-29(11-18(17)25)22(30)16-6-5-14(24)8-19(16)31-15-4-3-7-26-9-15/h5-6,8,15,18,26-27H,3-4,7,9-11,25H2,1-2H3/b21-17-. The molecule has 7 nitrogen and oxygen atoms in total. The van der Waals surface area contributed by atoms with Gasteiger partial charge in [0.1, 0.15) is 23.5 Å². The van der Waals surface area contributed by atoms with Gasteiger partial charge >= 0.3 is 0 Å². The van der Waals surface area contributed by atoms with Gasteiger partial charge < -0.3 is 26.0 Å². The predicted octanol–water partition coefficient (Wildman–Crippen LogP) is 2.49. The Kier molecular flexibility index (Phi) is 6.31. The van der Waals surface area contributed by atoms with Gasteiger partial charge in [-0.15, -0.1) is 0 Å². The number of halogens is 2. The van der Waals surface area contributed by atoms with E-state index in [1.807, 2.05) is 13.8 Å². The first-order valence-corrected chi connectivity index (χ1v) is 10.8. The SMILES string of the molecule is CC1=N/C(=C2/CN(C(=O)c3ccc(F)cc3OC3CCCNC3)CC2N)NC(C)=C1Cl. The molecule has 0 aliphatic carbocycles. The zero-order chi connectivity index (χ0) is 22.1. The van der Waals surface area contributed by atoms with Crippen molar-refractivity contribution in [2.45, 2.75) is 38.8 Å². The maximum absolute atomic E-state index is 13.9. The Bertz CT molecular complexity index is 984. The number of nitrogens with two attached hydrogens (primary N) is 1. The van der Waals surface area contributed by atoms with E-state index in [0.29, 0.717) is 41.8 Å². The zero-order valence-electron chi connectivity index (χ0n) is 17.7. The number of likely N-dealkylation sites (tertiary alicyclic amines) is 1. The summed E-state index contributed by atoms with van der Waals surface area (Å²) in [6.45, 7) is 5.98. The Balaban J connectivity index is 1.56. The molecule has 1 aromatic carbocycles. The second kappa shape index (κ2) is 8.98. The lowest BCUT2D eigenvalue weighted by Gasteiger charge is -2.26. The first-order valence-electron chi connectivity index (χ1n) is 10.5. The van der Waals surface area contributed by atoms with Crippen molar-refractivity contribution in [3.63, 3.8) is 0 Å². The minimum absolute atomic E-state index is 0.0936. The normalized spacial score (nSPS) is 26.6. The molecular weight excluding hydrogens is 421 g/mol. The number of hydrogen-bond donors (Lipinski definition) is 3. The Morgan fingerprint density at radius 2 is 2.19 bits per heavy atom. The molecule has 9 heteroatoms. The number of ether oxygens (including phenoxy) is 1. The Labute approximate surface area is 186 Å². The number of allylic oxidation sites excluding steroid dienone is 2. The number of nitrogens with zero attached hydrogens (tertiary/aromatic N) is 2. The summed E-state index contributed by atoms with van der Waals surface area (Å²) < 4.78 is 19.9. The number of nitrogens with one attached hydrogen (secondary N) is 2. The molecule has 166 valence electrons. The van der Waals surface area contributed by atoms with Gasteiger partial charge in [-0.05, 0) is 45.4 Å². The molecule has 2 saturated heterocycles. The van der Waals surface area contributed by atoms with Gasteiger partial charge in [0.25, 0.3) is 5.91 Å². The second-order valence-corrected chi connectivity index (χ2v) is 8.53. The van der Waals surface area contributed by atoms with E-state index in [9.17, 15) is 9.18 Å². The Hall–Kier alpha value is -2.42. The lowest BCUT2D eigenvalue weighted by molar-refractivity contribution is 0.0783. The average Bonchev–Trinajstić information content (AvgIpc) is 3.14. The van der Waals surface area contributed by atoms with Crippen molar-refractivity contribution >= 4 is 23.2 Å². The van der Waals surface area contributed by atoms with E-state index >= 15 is 0 Å². The summed E-state index contributed by atoms with van der Waals surface area (Å²) in [5.74, 6) is 0.216. The lowest BCUT2D eigenvalue weighted by atomic mass is 10.1. The van der Waals surface area contributed by atoms with Crippen LogP contribution in [0.2, 0.25) is 0 Å². The molecule has 3 heterocycles. The first-order chi connectivity index (χ1) is 14.8. The van der Waals surface area contributed by atoms with E-state index in [4.69, 9.17) is 22.1 Å². The molecule has 0 saturated carbocycles. The van der Waals surface area contributed by atoms with Crippen LogP contribution >= 0.6 is 11.6 Å². The molecule has 2 fully saturated rings. The molecule has 3 aliphatic heterocycles. The predicted molar refractivity (Wildman–Crippen MR) is 119 cm³/mol. The van der Waals surface area contributed by atoms with Crippen LogP contribution in [-0.4, -0.2) is 54.8 Å². The number of benzene rings is 1. The molecule has 0 spiro atoms. The van der Waals surface area contributed by atoms with Crippen molar-refractivity contribution in [1.29, 1.82) is 0 Å². The largest absolute Gasteiger partial charge is 0.488 e. The summed E-state index contributed by atoms with van der Waals surface area (Å²) in [7, 11) is 0. The highest BCUT2D eigenvalue weighted by atomic mass is 35.5. The summed E-state index contributed by atoms with van der Waals surface area (Å²) in [5, 5.41) is 7.02. The molecule has 1 amide bonds. The smallest absolute Gasteiger partial charge is 0.257 e. The Morgan fingerprint density at radius 3 is 2.90 bits per heavy atom. The molecule has 4 rings (SSSR count). The second-order valence-electron chi connectivity index (χ2n) is 8.15. The third kappa shape index (κ3) is 4.61. The van der Waals surface area contributed by atoms with Gasteiger partial charge in [0, 0.05) is 43.0 Å².